The molecule has 1 heterocycles. The van der Waals surface area contributed by atoms with Crippen molar-refractivity contribution in [2.24, 2.45) is 0 Å². The average Bonchev–Trinajstić information content (AvgIpc) is 2.86. The molecule has 1 atom stereocenters. The van der Waals surface area contributed by atoms with E-state index in [9.17, 15) is 9.59 Å². The van der Waals surface area contributed by atoms with Crippen molar-refractivity contribution in [2.45, 2.75) is 45.8 Å². The normalized spacial score (nSPS) is 17.7. The molecule has 1 aliphatic heterocycles. The van der Waals surface area contributed by atoms with Gasteiger partial charge in [-0.2, -0.15) is 0 Å². The van der Waals surface area contributed by atoms with Crippen LogP contribution in [0.5, 0.6) is 0 Å². The highest BCUT2D eigenvalue weighted by Gasteiger charge is 2.32. The molecule has 1 aromatic carbocycles. The van der Waals surface area contributed by atoms with E-state index in [0.29, 0.717) is 25.9 Å². The Morgan fingerprint density at radius 3 is 2.64 bits per heavy atom. The number of rotatable bonds is 6. The van der Waals surface area contributed by atoms with Crippen LogP contribution in [0.15, 0.2) is 24.3 Å². The van der Waals surface area contributed by atoms with Gasteiger partial charge >= 0.3 is 6.09 Å². The van der Waals surface area contributed by atoms with Crippen molar-refractivity contribution in [3.63, 3.8) is 0 Å². The molecule has 1 unspecified atom stereocenters. The molecule has 120 valence electrons. The number of benzene rings is 1. The molecule has 0 saturated carbocycles. The van der Waals surface area contributed by atoms with Crippen LogP contribution in [0.25, 0.3) is 0 Å². The predicted molar refractivity (Wildman–Crippen MR) is 84.6 cm³/mol. The second-order valence-electron chi connectivity index (χ2n) is 6.04. The van der Waals surface area contributed by atoms with Crippen molar-refractivity contribution in [3.8, 4) is 0 Å². The molecule has 1 aliphatic rings. The Balaban J connectivity index is 1.70. The van der Waals surface area contributed by atoms with Crippen LogP contribution < -0.4 is 5.32 Å². The zero-order chi connectivity index (χ0) is 16.1. The molecule has 0 aromatic heterocycles. The number of carbonyl (C=O) groups is 2. The molecule has 0 spiro atoms. The third-order valence-electron chi connectivity index (χ3n) is 3.81. The first-order valence-electron chi connectivity index (χ1n) is 7.75. The van der Waals surface area contributed by atoms with Gasteiger partial charge in [0.15, 0.2) is 0 Å². The van der Waals surface area contributed by atoms with Gasteiger partial charge in [-0.25, -0.2) is 4.79 Å². The van der Waals surface area contributed by atoms with Crippen molar-refractivity contribution in [3.05, 3.63) is 35.4 Å². The average molecular weight is 304 g/mol. The van der Waals surface area contributed by atoms with Gasteiger partial charge in [-0.05, 0) is 32.8 Å². The molecular weight excluding hydrogens is 280 g/mol. The second-order valence-corrected chi connectivity index (χ2v) is 6.04. The molecule has 2 rings (SSSR count). The first-order valence-corrected chi connectivity index (χ1v) is 7.75. The summed E-state index contributed by atoms with van der Waals surface area (Å²) in [6, 6.07) is 8.30. The summed E-state index contributed by atoms with van der Waals surface area (Å²) in [4.78, 5) is 25.1. The monoisotopic (exact) mass is 304 g/mol. The van der Waals surface area contributed by atoms with E-state index in [1.807, 2.05) is 45.0 Å². The molecule has 0 aliphatic carbocycles. The molecule has 2 amide bonds. The zero-order valence-corrected chi connectivity index (χ0v) is 13.5. The summed E-state index contributed by atoms with van der Waals surface area (Å²) in [6.45, 7) is 6.85. The van der Waals surface area contributed by atoms with Gasteiger partial charge in [0.2, 0.25) is 5.91 Å². The fraction of sp³-hybridized carbons (Fsp3) is 0.529. The van der Waals surface area contributed by atoms with Crippen molar-refractivity contribution < 1.29 is 14.3 Å². The standard InChI is InChI=1S/C17H24N2O3/c1-12(2)19-11-15(22-17(19)21)10-18-16(20)9-8-14-6-4-13(3)5-7-14/h4-7,12,15H,8-11H2,1-3H3,(H,18,20). The van der Waals surface area contributed by atoms with E-state index >= 15 is 0 Å². The maximum atomic E-state index is 11.9. The van der Waals surface area contributed by atoms with Gasteiger partial charge < -0.3 is 15.0 Å². The van der Waals surface area contributed by atoms with Gasteiger partial charge in [0.05, 0.1) is 13.1 Å². The van der Waals surface area contributed by atoms with Crippen LogP contribution in [-0.4, -0.2) is 42.1 Å². The maximum Gasteiger partial charge on any atom is 0.410 e. The fourth-order valence-electron chi connectivity index (χ4n) is 2.40. The minimum Gasteiger partial charge on any atom is -0.442 e. The number of amides is 2. The van der Waals surface area contributed by atoms with Crippen LogP contribution in [0.4, 0.5) is 4.79 Å². The largest absolute Gasteiger partial charge is 0.442 e. The summed E-state index contributed by atoms with van der Waals surface area (Å²) < 4.78 is 5.23. The third-order valence-corrected chi connectivity index (χ3v) is 3.81. The molecule has 0 radical (unpaired) electrons. The summed E-state index contributed by atoms with van der Waals surface area (Å²) in [6.07, 6.45) is 0.610. The van der Waals surface area contributed by atoms with E-state index in [1.165, 1.54) is 5.56 Å². The van der Waals surface area contributed by atoms with Gasteiger partial charge in [0.1, 0.15) is 6.10 Å². The molecule has 1 aromatic rings. The van der Waals surface area contributed by atoms with Crippen molar-refractivity contribution >= 4 is 12.0 Å². The summed E-state index contributed by atoms with van der Waals surface area (Å²) in [7, 11) is 0. The van der Waals surface area contributed by atoms with Crippen molar-refractivity contribution in [1.82, 2.24) is 10.2 Å². The lowest BCUT2D eigenvalue weighted by Gasteiger charge is -2.16. The van der Waals surface area contributed by atoms with Gasteiger partial charge in [-0.3, -0.25) is 4.79 Å². The molecule has 0 bridgehead atoms. The smallest absolute Gasteiger partial charge is 0.410 e. The van der Waals surface area contributed by atoms with Gasteiger partial charge in [0, 0.05) is 12.5 Å². The van der Waals surface area contributed by atoms with E-state index in [1.54, 1.807) is 4.90 Å². The van der Waals surface area contributed by atoms with Crippen LogP contribution in [0.3, 0.4) is 0 Å². The maximum absolute atomic E-state index is 11.9. The minimum absolute atomic E-state index is 0.0142. The Kier molecular flexibility index (Phi) is 5.41. The molecule has 22 heavy (non-hydrogen) atoms. The Bertz CT molecular complexity index is 525. The number of hydrogen-bond donors (Lipinski definition) is 1. The molecule has 5 heteroatoms. The molecule has 5 nitrogen and oxygen atoms in total. The highest BCUT2D eigenvalue weighted by atomic mass is 16.6. The molecular formula is C17H24N2O3. The topological polar surface area (TPSA) is 58.6 Å². The van der Waals surface area contributed by atoms with Crippen LogP contribution in [0, 0.1) is 6.92 Å². The highest BCUT2D eigenvalue weighted by molar-refractivity contribution is 5.76. The van der Waals surface area contributed by atoms with Crippen LogP contribution in [0.1, 0.15) is 31.4 Å². The first kappa shape index (κ1) is 16.3. The van der Waals surface area contributed by atoms with Gasteiger partial charge in [0.25, 0.3) is 0 Å². The molecule has 1 N–H and O–H groups in total. The number of hydrogen-bond acceptors (Lipinski definition) is 3. The Hall–Kier alpha value is -2.04. The molecule has 1 fully saturated rings. The number of nitrogens with one attached hydrogen (secondary N) is 1. The Morgan fingerprint density at radius 1 is 1.36 bits per heavy atom. The van der Waals surface area contributed by atoms with Gasteiger partial charge in [-0.1, -0.05) is 29.8 Å². The highest BCUT2D eigenvalue weighted by Crippen LogP contribution is 2.13. The van der Waals surface area contributed by atoms with Gasteiger partial charge in [-0.15, -0.1) is 0 Å². The SMILES string of the molecule is Cc1ccc(CCC(=O)NCC2CN(C(C)C)C(=O)O2)cc1. The first-order chi connectivity index (χ1) is 10.5. The summed E-state index contributed by atoms with van der Waals surface area (Å²) in [5, 5.41) is 2.84. The number of nitrogens with zero attached hydrogens (tertiary/aromatic N) is 1. The minimum atomic E-state index is -0.297. The van der Waals surface area contributed by atoms with Crippen LogP contribution >= 0.6 is 0 Å². The summed E-state index contributed by atoms with van der Waals surface area (Å²) in [5.74, 6) is -0.0142. The Labute approximate surface area is 131 Å². The van der Waals surface area contributed by atoms with E-state index < -0.39 is 0 Å². The zero-order valence-electron chi connectivity index (χ0n) is 13.5. The predicted octanol–water partition coefficient (Wildman–Crippen LogP) is 2.27. The van der Waals surface area contributed by atoms with Crippen molar-refractivity contribution in [2.75, 3.05) is 13.1 Å². The summed E-state index contributed by atoms with van der Waals surface area (Å²) in [5.41, 5.74) is 2.37. The lowest BCUT2D eigenvalue weighted by molar-refractivity contribution is -0.121. The molecule has 1 saturated heterocycles. The van der Waals surface area contributed by atoms with E-state index in [2.05, 4.69) is 5.32 Å². The van der Waals surface area contributed by atoms with Crippen molar-refractivity contribution in [1.29, 1.82) is 0 Å². The third kappa shape index (κ3) is 4.48. The fourth-order valence-corrected chi connectivity index (χ4v) is 2.40. The lowest BCUT2D eigenvalue weighted by atomic mass is 10.1. The lowest BCUT2D eigenvalue weighted by Crippen LogP contribution is -2.36. The summed E-state index contributed by atoms with van der Waals surface area (Å²) >= 11 is 0. The quantitative estimate of drug-likeness (QED) is 0.877. The number of carbonyl (C=O) groups excluding carboxylic acids is 2. The number of cyclic esters (lactones) is 1. The number of aryl methyl sites for hydroxylation is 2. The van der Waals surface area contributed by atoms with E-state index in [4.69, 9.17) is 4.74 Å². The van der Waals surface area contributed by atoms with Crippen LogP contribution in [-0.2, 0) is 16.0 Å². The van der Waals surface area contributed by atoms with E-state index in [0.717, 1.165) is 5.56 Å². The van der Waals surface area contributed by atoms with Crippen LogP contribution in [0.2, 0.25) is 0 Å². The second kappa shape index (κ2) is 7.29. The Morgan fingerprint density at radius 2 is 2.05 bits per heavy atom. The van der Waals surface area contributed by atoms with E-state index in [-0.39, 0.29) is 24.1 Å². The number of ether oxygens (including phenoxy) is 1.